The summed E-state index contributed by atoms with van der Waals surface area (Å²) in [4.78, 5) is 25.5. The van der Waals surface area contributed by atoms with Crippen LogP contribution < -0.4 is 14.8 Å². The molecule has 1 atom stereocenters. The van der Waals surface area contributed by atoms with E-state index < -0.39 is 0 Å². The van der Waals surface area contributed by atoms with Gasteiger partial charge in [-0.05, 0) is 18.2 Å². The van der Waals surface area contributed by atoms with Gasteiger partial charge < -0.3 is 14.8 Å². The van der Waals surface area contributed by atoms with Gasteiger partial charge in [0.1, 0.15) is 12.7 Å². The van der Waals surface area contributed by atoms with Gasteiger partial charge in [0.2, 0.25) is 0 Å². The Bertz CT molecular complexity index is 1000. The van der Waals surface area contributed by atoms with Crippen LogP contribution in [-0.4, -0.2) is 30.9 Å². The zero-order chi connectivity index (χ0) is 19.3. The lowest BCUT2D eigenvalue weighted by molar-refractivity contribution is 0.0787. The fourth-order valence-electron chi connectivity index (χ4n) is 3.09. The topological polar surface area (TPSA) is 64.6 Å². The predicted molar refractivity (Wildman–Crippen MR) is 105 cm³/mol. The third-order valence-corrected chi connectivity index (χ3v) is 4.51. The number of rotatable bonds is 5. The van der Waals surface area contributed by atoms with E-state index in [2.05, 4.69) is 5.32 Å². The number of fused-ring (bicyclic) bond motifs is 1. The van der Waals surface area contributed by atoms with Crippen LogP contribution >= 0.6 is 0 Å². The lowest BCUT2D eigenvalue weighted by Gasteiger charge is -2.26. The first-order valence-electron chi connectivity index (χ1n) is 9.08. The molecule has 1 aliphatic heterocycles. The molecule has 140 valence electrons. The van der Waals surface area contributed by atoms with Crippen molar-refractivity contribution in [1.82, 2.24) is 5.32 Å². The molecule has 0 unspecified atom stereocenters. The zero-order valence-corrected chi connectivity index (χ0v) is 15.1. The first-order valence-corrected chi connectivity index (χ1v) is 9.08. The number of nitrogens with one attached hydrogen (secondary N) is 1. The molecule has 0 saturated carbocycles. The number of carbonyl (C=O) groups is 2. The summed E-state index contributed by atoms with van der Waals surface area (Å²) in [6.07, 6.45) is -0.296. The molecule has 0 aliphatic carbocycles. The van der Waals surface area contributed by atoms with E-state index in [4.69, 9.17) is 9.47 Å². The summed E-state index contributed by atoms with van der Waals surface area (Å²) in [7, 11) is 0. The van der Waals surface area contributed by atoms with Crippen LogP contribution in [0, 0.1) is 0 Å². The minimum absolute atomic E-state index is 0.183. The summed E-state index contributed by atoms with van der Waals surface area (Å²) >= 11 is 0. The van der Waals surface area contributed by atoms with Crippen molar-refractivity contribution in [2.24, 2.45) is 0 Å². The smallest absolute Gasteiger partial charge is 0.252 e. The first-order chi connectivity index (χ1) is 13.7. The van der Waals surface area contributed by atoms with Crippen molar-refractivity contribution in [2.75, 3.05) is 13.2 Å². The van der Waals surface area contributed by atoms with E-state index >= 15 is 0 Å². The van der Waals surface area contributed by atoms with E-state index in [9.17, 15) is 9.59 Å². The van der Waals surface area contributed by atoms with Crippen molar-refractivity contribution in [3.8, 4) is 11.5 Å². The summed E-state index contributed by atoms with van der Waals surface area (Å²) in [5.41, 5.74) is 1.26. The van der Waals surface area contributed by atoms with Crippen molar-refractivity contribution in [1.29, 1.82) is 0 Å². The summed E-state index contributed by atoms with van der Waals surface area (Å²) in [6.45, 7) is 0.628. The first kappa shape index (κ1) is 17.8. The Morgan fingerprint density at radius 1 is 0.821 bits per heavy atom. The van der Waals surface area contributed by atoms with Crippen LogP contribution in [0.25, 0.3) is 0 Å². The molecule has 0 bridgehead atoms. The van der Waals surface area contributed by atoms with Gasteiger partial charge >= 0.3 is 0 Å². The third-order valence-electron chi connectivity index (χ3n) is 4.51. The molecule has 28 heavy (non-hydrogen) atoms. The normalized spacial score (nSPS) is 14.9. The van der Waals surface area contributed by atoms with Gasteiger partial charge in [-0.15, -0.1) is 0 Å². The van der Waals surface area contributed by atoms with Gasteiger partial charge in [0.25, 0.3) is 5.91 Å². The number of ether oxygens (including phenoxy) is 2. The second kappa shape index (κ2) is 7.96. The van der Waals surface area contributed by atoms with E-state index in [1.165, 1.54) is 0 Å². The minimum atomic E-state index is -0.317. The fourth-order valence-corrected chi connectivity index (χ4v) is 3.09. The van der Waals surface area contributed by atoms with Gasteiger partial charge in [-0.1, -0.05) is 60.7 Å². The molecule has 0 saturated heterocycles. The number of benzene rings is 3. The van der Waals surface area contributed by atoms with E-state index in [-0.39, 0.29) is 24.3 Å². The van der Waals surface area contributed by atoms with Crippen LogP contribution in [0.1, 0.15) is 26.3 Å². The predicted octanol–water partition coefficient (Wildman–Crippen LogP) is 3.49. The molecule has 0 spiro atoms. The van der Waals surface area contributed by atoms with E-state index in [1.54, 1.807) is 48.5 Å². The number of ketones is 1. The van der Waals surface area contributed by atoms with Gasteiger partial charge in [-0.3, -0.25) is 9.59 Å². The summed E-state index contributed by atoms with van der Waals surface area (Å²) in [5, 5.41) is 2.85. The van der Waals surface area contributed by atoms with Gasteiger partial charge in [0, 0.05) is 11.1 Å². The van der Waals surface area contributed by atoms with E-state index in [0.29, 0.717) is 34.8 Å². The largest absolute Gasteiger partial charge is 0.486 e. The van der Waals surface area contributed by atoms with Crippen LogP contribution in [0.2, 0.25) is 0 Å². The van der Waals surface area contributed by atoms with Gasteiger partial charge in [0.15, 0.2) is 17.3 Å². The second-order valence-electron chi connectivity index (χ2n) is 6.45. The second-order valence-corrected chi connectivity index (χ2v) is 6.45. The Morgan fingerprint density at radius 3 is 2.25 bits per heavy atom. The van der Waals surface area contributed by atoms with Crippen molar-refractivity contribution in [3.05, 3.63) is 95.6 Å². The average molecular weight is 373 g/mol. The van der Waals surface area contributed by atoms with Gasteiger partial charge in [-0.2, -0.15) is 0 Å². The van der Waals surface area contributed by atoms with Gasteiger partial charge in [0.05, 0.1) is 12.1 Å². The highest BCUT2D eigenvalue weighted by atomic mass is 16.6. The maximum absolute atomic E-state index is 12.8. The molecule has 4 rings (SSSR count). The highest BCUT2D eigenvalue weighted by Crippen LogP contribution is 2.30. The molecule has 0 fully saturated rings. The zero-order valence-electron chi connectivity index (χ0n) is 15.1. The van der Waals surface area contributed by atoms with E-state index in [0.717, 1.165) is 0 Å². The third kappa shape index (κ3) is 3.74. The highest BCUT2D eigenvalue weighted by molar-refractivity contribution is 6.15. The molecule has 0 aromatic heterocycles. The number of hydrogen-bond acceptors (Lipinski definition) is 4. The Morgan fingerprint density at radius 2 is 1.46 bits per heavy atom. The summed E-state index contributed by atoms with van der Waals surface area (Å²) < 4.78 is 11.5. The molecule has 1 N–H and O–H groups in total. The van der Waals surface area contributed by atoms with Crippen molar-refractivity contribution >= 4 is 11.7 Å². The van der Waals surface area contributed by atoms with Crippen molar-refractivity contribution < 1.29 is 19.1 Å². The summed E-state index contributed by atoms with van der Waals surface area (Å²) in [5.74, 6) is 0.858. The fraction of sp³-hybridized carbons (Fsp3) is 0.130. The maximum atomic E-state index is 12.8. The molecular formula is C23H19NO4. The molecule has 1 heterocycles. The molecule has 5 heteroatoms. The molecule has 3 aromatic carbocycles. The average Bonchev–Trinajstić information content (AvgIpc) is 2.77. The molecule has 0 radical (unpaired) electrons. The standard InChI is InChI=1S/C23H19NO4/c25-22(16-8-2-1-3-9-16)18-10-4-5-11-19(18)23(26)24-14-17-15-27-20-12-6-7-13-21(20)28-17/h1-13,17H,14-15H2,(H,24,26)/t17-/m1/s1. The van der Waals surface area contributed by atoms with Gasteiger partial charge in [-0.25, -0.2) is 0 Å². The molecular weight excluding hydrogens is 354 g/mol. The van der Waals surface area contributed by atoms with Crippen LogP contribution in [-0.2, 0) is 0 Å². The quantitative estimate of drug-likeness (QED) is 0.696. The monoisotopic (exact) mass is 373 g/mol. The Kier molecular flexibility index (Phi) is 5.06. The van der Waals surface area contributed by atoms with Crippen LogP contribution in [0.4, 0.5) is 0 Å². The minimum Gasteiger partial charge on any atom is -0.486 e. The molecule has 3 aromatic rings. The Balaban J connectivity index is 1.45. The SMILES string of the molecule is O=C(NC[C@@H]1COc2ccccc2O1)c1ccccc1C(=O)c1ccccc1. The lowest BCUT2D eigenvalue weighted by Crippen LogP contribution is -2.41. The molecule has 1 amide bonds. The molecule has 5 nitrogen and oxygen atoms in total. The number of amides is 1. The summed E-state index contributed by atoms with van der Waals surface area (Å²) in [6, 6.07) is 23.2. The van der Waals surface area contributed by atoms with Crippen LogP contribution in [0.5, 0.6) is 11.5 Å². The maximum Gasteiger partial charge on any atom is 0.252 e. The number of para-hydroxylation sites is 2. The van der Waals surface area contributed by atoms with Crippen LogP contribution in [0.3, 0.4) is 0 Å². The lowest BCUT2D eigenvalue weighted by atomic mass is 9.98. The number of hydrogen-bond donors (Lipinski definition) is 1. The Hall–Kier alpha value is -3.60. The Labute approximate surface area is 162 Å². The number of carbonyl (C=O) groups excluding carboxylic acids is 2. The van der Waals surface area contributed by atoms with Crippen molar-refractivity contribution in [2.45, 2.75) is 6.10 Å². The van der Waals surface area contributed by atoms with Crippen LogP contribution in [0.15, 0.2) is 78.9 Å². The van der Waals surface area contributed by atoms with Crippen molar-refractivity contribution in [3.63, 3.8) is 0 Å². The van der Waals surface area contributed by atoms with E-state index in [1.807, 2.05) is 30.3 Å². The highest BCUT2D eigenvalue weighted by Gasteiger charge is 2.23. The molecule has 1 aliphatic rings.